The summed E-state index contributed by atoms with van der Waals surface area (Å²) in [6.45, 7) is 3.71. The third kappa shape index (κ3) is 4.30. The molecule has 0 saturated carbocycles. The van der Waals surface area contributed by atoms with Gasteiger partial charge in [-0.15, -0.1) is 5.10 Å². The van der Waals surface area contributed by atoms with Crippen LogP contribution < -0.4 is 16.4 Å². The van der Waals surface area contributed by atoms with E-state index >= 15 is 0 Å². The highest BCUT2D eigenvalue weighted by Gasteiger charge is 2.19. The highest BCUT2D eigenvalue weighted by molar-refractivity contribution is 6.05. The molecule has 0 aliphatic heterocycles. The predicted molar refractivity (Wildman–Crippen MR) is 103 cm³/mol. The van der Waals surface area contributed by atoms with Crippen molar-refractivity contribution in [1.82, 2.24) is 15.0 Å². The second-order valence-corrected chi connectivity index (χ2v) is 6.17. The summed E-state index contributed by atoms with van der Waals surface area (Å²) in [5.74, 6) is -0.769. The third-order valence-electron chi connectivity index (χ3n) is 3.98. The first kappa shape index (κ1) is 18.1. The first-order valence-corrected chi connectivity index (χ1v) is 8.36. The van der Waals surface area contributed by atoms with Crippen molar-refractivity contribution >= 4 is 29.0 Å². The highest BCUT2D eigenvalue weighted by Crippen LogP contribution is 2.17. The largest absolute Gasteiger partial charge is 0.382 e. The van der Waals surface area contributed by atoms with Gasteiger partial charge in [0.15, 0.2) is 11.5 Å². The quantitative estimate of drug-likeness (QED) is 0.643. The Kier molecular flexibility index (Phi) is 5.16. The van der Waals surface area contributed by atoms with Crippen LogP contribution in [0.25, 0.3) is 0 Å². The van der Waals surface area contributed by atoms with E-state index in [9.17, 15) is 9.59 Å². The Balaban J connectivity index is 1.68. The lowest BCUT2D eigenvalue weighted by molar-refractivity contribution is -0.116. The van der Waals surface area contributed by atoms with Gasteiger partial charge >= 0.3 is 0 Å². The van der Waals surface area contributed by atoms with Crippen LogP contribution in [0.15, 0.2) is 48.5 Å². The van der Waals surface area contributed by atoms with Gasteiger partial charge in [-0.3, -0.25) is 9.59 Å². The second-order valence-electron chi connectivity index (χ2n) is 6.17. The van der Waals surface area contributed by atoms with Crippen molar-refractivity contribution in [2.24, 2.45) is 0 Å². The first-order valence-electron chi connectivity index (χ1n) is 8.36. The number of nitrogens with one attached hydrogen (secondary N) is 2. The summed E-state index contributed by atoms with van der Waals surface area (Å²) in [4.78, 5) is 24.6. The monoisotopic (exact) mass is 364 g/mol. The standard InChI is InChI=1S/C19H20N6O2/c1-12-8-9-13(2)15(10-12)22-16(26)11-25-18(20)17(23-24-25)19(27)21-14-6-4-3-5-7-14/h3-10H,11,20H2,1-2H3,(H,21,27)(H,22,26). The lowest BCUT2D eigenvalue weighted by Gasteiger charge is -2.10. The molecule has 3 aromatic rings. The van der Waals surface area contributed by atoms with Crippen LogP contribution in [0.4, 0.5) is 17.2 Å². The third-order valence-corrected chi connectivity index (χ3v) is 3.98. The van der Waals surface area contributed by atoms with E-state index in [0.29, 0.717) is 5.69 Å². The number of carbonyl (C=O) groups excluding carboxylic acids is 2. The van der Waals surface area contributed by atoms with Gasteiger partial charge in [0, 0.05) is 11.4 Å². The molecular weight excluding hydrogens is 344 g/mol. The molecule has 8 heteroatoms. The lowest BCUT2D eigenvalue weighted by Crippen LogP contribution is -2.22. The minimum atomic E-state index is -0.486. The molecule has 0 aliphatic carbocycles. The Morgan fingerprint density at radius 2 is 1.81 bits per heavy atom. The summed E-state index contributed by atoms with van der Waals surface area (Å²) in [6.07, 6.45) is 0. The van der Waals surface area contributed by atoms with E-state index in [1.807, 2.05) is 38.1 Å². The topological polar surface area (TPSA) is 115 Å². The van der Waals surface area contributed by atoms with Crippen molar-refractivity contribution in [3.8, 4) is 0 Å². The number of carbonyl (C=O) groups is 2. The minimum Gasteiger partial charge on any atom is -0.382 e. The van der Waals surface area contributed by atoms with Crippen molar-refractivity contribution in [2.45, 2.75) is 20.4 Å². The lowest BCUT2D eigenvalue weighted by atomic mass is 10.1. The van der Waals surface area contributed by atoms with Crippen molar-refractivity contribution in [1.29, 1.82) is 0 Å². The van der Waals surface area contributed by atoms with E-state index in [1.54, 1.807) is 24.3 Å². The average molecular weight is 364 g/mol. The SMILES string of the molecule is Cc1ccc(C)c(NC(=O)Cn2nnc(C(=O)Nc3ccccc3)c2N)c1. The molecule has 0 atom stereocenters. The summed E-state index contributed by atoms with van der Waals surface area (Å²) >= 11 is 0. The van der Waals surface area contributed by atoms with Crippen LogP contribution >= 0.6 is 0 Å². The van der Waals surface area contributed by atoms with Crippen LogP contribution in [0.5, 0.6) is 0 Å². The van der Waals surface area contributed by atoms with Gasteiger partial charge in [-0.2, -0.15) is 0 Å². The maximum absolute atomic E-state index is 12.3. The molecule has 8 nitrogen and oxygen atoms in total. The van der Waals surface area contributed by atoms with E-state index in [2.05, 4.69) is 20.9 Å². The summed E-state index contributed by atoms with van der Waals surface area (Å²) in [5, 5.41) is 13.1. The molecule has 3 rings (SSSR count). The summed E-state index contributed by atoms with van der Waals surface area (Å²) < 4.78 is 1.19. The van der Waals surface area contributed by atoms with Crippen molar-refractivity contribution < 1.29 is 9.59 Å². The van der Waals surface area contributed by atoms with Crippen LogP contribution in [-0.2, 0) is 11.3 Å². The zero-order valence-electron chi connectivity index (χ0n) is 15.1. The Morgan fingerprint density at radius 3 is 2.56 bits per heavy atom. The fourth-order valence-corrected chi connectivity index (χ4v) is 2.51. The molecule has 0 radical (unpaired) electrons. The van der Waals surface area contributed by atoms with Gasteiger partial charge in [-0.1, -0.05) is 35.5 Å². The fraction of sp³-hybridized carbons (Fsp3) is 0.158. The maximum Gasteiger partial charge on any atom is 0.280 e. The van der Waals surface area contributed by atoms with E-state index in [-0.39, 0.29) is 24.0 Å². The number of aromatic nitrogens is 3. The van der Waals surface area contributed by atoms with E-state index < -0.39 is 5.91 Å². The average Bonchev–Trinajstić information content (AvgIpc) is 2.99. The van der Waals surface area contributed by atoms with Gasteiger partial charge in [0.2, 0.25) is 5.91 Å². The Labute approximate surface area is 156 Å². The van der Waals surface area contributed by atoms with Crippen molar-refractivity contribution in [3.05, 3.63) is 65.4 Å². The maximum atomic E-state index is 12.3. The normalized spacial score (nSPS) is 10.4. The number of benzene rings is 2. The molecule has 4 N–H and O–H groups in total. The smallest absolute Gasteiger partial charge is 0.280 e. The highest BCUT2D eigenvalue weighted by atomic mass is 16.2. The van der Waals surface area contributed by atoms with Crippen LogP contribution in [0.3, 0.4) is 0 Å². The molecular formula is C19H20N6O2. The summed E-state index contributed by atoms with van der Waals surface area (Å²) in [5.41, 5.74) is 9.24. The number of hydrogen-bond acceptors (Lipinski definition) is 5. The zero-order valence-corrected chi connectivity index (χ0v) is 15.1. The molecule has 1 heterocycles. The van der Waals surface area contributed by atoms with Gasteiger partial charge in [-0.05, 0) is 43.2 Å². The van der Waals surface area contributed by atoms with E-state index in [0.717, 1.165) is 16.8 Å². The number of rotatable bonds is 5. The van der Waals surface area contributed by atoms with Crippen LogP contribution in [0, 0.1) is 13.8 Å². The summed E-state index contributed by atoms with van der Waals surface area (Å²) in [7, 11) is 0. The predicted octanol–water partition coefficient (Wildman–Crippen LogP) is 2.37. The molecule has 0 aliphatic rings. The number of anilines is 3. The van der Waals surface area contributed by atoms with Crippen LogP contribution in [0.2, 0.25) is 0 Å². The number of hydrogen-bond donors (Lipinski definition) is 3. The van der Waals surface area contributed by atoms with Crippen LogP contribution in [0.1, 0.15) is 21.6 Å². The molecule has 0 unspecified atom stereocenters. The molecule has 138 valence electrons. The van der Waals surface area contributed by atoms with E-state index in [4.69, 9.17) is 5.73 Å². The molecule has 0 bridgehead atoms. The second kappa shape index (κ2) is 7.69. The first-order chi connectivity index (χ1) is 12.9. The number of para-hydroxylation sites is 1. The minimum absolute atomic E-state index is 0.0274. The van der Waals surface area contributed by atoms with Crippen LogP contribution in [-0.4, -0.2) is 26.8 Å². The van der Waals surface area contributed by atoms with E-state index in [1.165, 1.54) is 4.68 Å². The van der Waals surface area contributed by atoms with Gasteiger partial charge in [0.1, 0.15) is 6.54 Å². The Bertz CT molecular complexity index is 981. The fourth-order valence-electron chi connectivity index (χ4n) is 2.51. The number of aryl methyl sites for hydroxylation is 2. The number of nitrogens with zero attached hydrogens (tertiary/aromatic N) is 3. The van der Waals surface area contributed by atoms with Gasteiger partial charge < -0.3 is 16.4 Å². The Hall–Kier alpha value is -3.68. The van der Waals surface area contributed by atoms with Gasteiger partial charge in [-0.25, -0.2) is 4.68 Å². The van der Waals surface area contributed by atoms with Gasteiger partial charge in [0.05, 0.1) is 0 Å². The number of nitrogen functional groups attached to an aromatic ring is 1. The molecule has 1 aromatic heterocycles. The van der Waals surface area contributed by atoms with Gasteiger partial charge in [0.25, 0.3) is 5.91 Å². The molecule has 27 heavy (non-hydrogen) atoms. The van der Waals surface area contributed by atoms with Crippen molar-refractivity contribution in [3.63, 3.8) is 0 Å². The van der Waals surface area contributed by atoms with Crippen molar-refractivity contribution in [2.75, 3.05) is 16.4 Å². The Morgan fingerprint density at radius 1 is 1.07 bits per heavy atom. The molecule has 2 amide bonds. The molecule has 2 aromatic carbocycles. The molecule has 0 saturated heterocycles. The molecule has 0 fully saturated rings. The number of amides is 2. The molecule has 0 spiro atoms. The summed E-state index contributed by atoms with van der Waals surface area (Å²) in [6, 6.07) is 14.7. The zero-order chi connectivity index (χ0) is 19.4. The number of nitrogens with two attached hydrogens (primary N) is 1.